The first-order valence-corrected chi connectivity index (χ1v) is 7.17. The third-order valence-electron chi connectivity index (χ3n) is 2.67. The highest BCUT2D eigenvalue weighted by Crippen LogP contribution is 2.30. The average molecular weight is 412 g/mol. The fourth-order valence-electron chi connectivity index (χ4n) is 1.69. The van der Waals surface area contributed by atoms with E-state index >= 15 is 0 Å². The summed E-state index contributed by atoms with van der Waals surface area (Å²) in [5, 5.41) is 3.73. The summed E-state index contributed by atoms with van der Waals surface area (Å²) in [4.78, 5) is 0. The average Bonchev–Trinajstić information content (AvgIpc) is 2.37. The lowest BCUT2D eigenvalue weighted by Gasteiger charge is -2.11. The summed E-state index contributed by atoms with van der Waals surface area (Å²) in [6, 6.07) is 10.6. The van der Waals surface area contributed by atoms with Crippen LogP contribution in [0, 0.1) is 3.57 Å². The molecule has 0 unspecified atom stereocenters. The molecule has 20 heavy (non-hydrogen) atoms. The van der Waals surface area contributed by atoms with Gasteiger partial charge in [-0.15, -0.1) is 0 Å². The van der Waals surface area contributed by atoms with Crippen molar-refractivity contribution in [3.05, 3.63) is 62.2 Å². The first-order valence-electron chi connectivity index (χ1n) is 5.71. The number of alkyl halides is 3. The van der Waals surface area contributed by atoms with E-state index in [1.165, 1.54) is 6.07 Å². The molecule has 0 aliphatic rings. The van der Waals surface area contributed by atoms with Crippen LogP contribution in [0.2, 0.25) is 5.02 Å². The van der Waals surface area contributed by atoms with Crippen LogP contribution >= 0.6 is 34.2 Å². The molecule has 0 saturated heterocycles. The van der Waals surface area contributed by atoms with Gasteiger partial charge in [-0.1, -0.05) is 23.7 Å². The fraction of sp³-hybridized carbons (Fsp3) is 0.143. The molecule has 0 spiro atoms. The minimum Gasteiger partial charge on any atom is -0.380 e. The van der Waals surface area contributed by atoms with Crippen molar-refractivity contribution < 1.29 is 13.2 Å². The van der Waals surface area contributed by atoms with Gasteiger partial charge in [0.25, 0.3) is 0 Å². The summed E-state index contributed by atoms with van der Waals surface area (Å²) in [5.41, 5.74) is 0.778. The minimum atomic E-state index is -4.31. The van der Waals surface area contributed by atoms with Crippen molar-refractivity contribution >= 4 is 39.9 Å². The minimum absolute atomic E-state index is 0.321. The zero-order valence-electron chi connectivity index (χ0n) is 10.1. The monoisotopic (exact) mass is 411 g/mol. The molecule has 0 fully saturated rings. The predicted octanol–water partition coefficient (Wildman–Crippen LogP) is 5.58. The molecular weight excluding hydrogens is 402 g/mol. The Bertz CT molecular complexity index is 614. The largest absolute Gasteiger partial charge is 0.416 e. The van der Waals surface area contributed by atoms with E-state index in [0.29, 0.717) is 17.1 Å². The molecule has 106 valence electrons. The van der Waals surface area contributed by atoms with Crippen molar-refractivity contribution in [1.29, 1.82) is 0 Å². The van der Waals surface area contributed by atoms with E-state index in [4.69, 9.17) is 11.6 Å². The molecule has 1 N–H and O–H groups in total. The van der Waals surface area contributed by atoms with Gasteiger partial charge >= 0.3 is 6.18 Å². The normalized spacial score (nSPS) is 11.4. The van der Waals surface area contributed by atoms with Gasteiger partial charge in [-0.3, -0.25) is 0 Å². The van der Waals surface area contributed by atoms with E-state index in [1.54, 1.807) is 24.3 Å². The van der Waals surface area contributed by atoms with E-state index in [-0.39, 0.29) is 0 Å². The molecule has 0 aromatic heterocycles. The van der Waals surface area contributed by atoms with Crippen molar-refractivity contribution in [2.45, 2.75) is 12.7 Å². The number of anilines is 1. The van der Waals surface area contributed by atoms with Crippen LogP contribution in [0.3, 0.4) is 0 Å². The Labute approximate surface area is 133 Å². The molecule has 0 heterocycles. The van der Waals surface area contributed by atoms with E-state index in [1.807, 2.05) is 0 Å². The number of halogens is 5. The topological polar surface area (TPSA) is 12.0 Å². The van der Waals surface area contributed by atoms with Gasteiger partial charge in [0.1, 0.15) is 0 Å². The Morgan fingerprint density at radius 1 is 1.10 bits per heavy atom. The summed E-state index contributed by atoms with van der Waals surface area (Å²) in [6.07, 6.45) is -4.31. The fourth-order valence-corrected chi connectivity index (χ4v) is 2.75. The zero-order chi connectivity index (χ0) is 14.8. The van der Waals surface area contributed by atoms with E-state index < -0.39 is 11.7 Å². The summed E-state index contributed by atoms with van der Waals surface area (Å²) in [7, 11) is 0. The SMILES string of the molecule is FC(F)(F)c1cccc(CNc2ccc(Cl)cc2I)c1. The van der Waals surface area contributed by atoms with E-state index in [9.17, 15) is 13.2 Å². The quantitative estimate of drug-likeness (QED) is 0.651. The lowest BCUT2D eigenvalue weighted by Crippen LogP contribution is -2.07. The summed E-state index contributed by atoms with van der Waals surface area (Å²) in [5.74, 6) is 0. The first kappa shape index (κ1) is 15.4. The van der Waals surface area contributed by atoms with Crippen LogP contribution in [0.15, 0.2) is 42.5 Å². The van der Waals surface area contributed by atoms with Crippen LogP contribution in [0.5, 0.6) is 0 Å². The molecule has 2 rings (SSSR count). The number of hydrogen-bond donors (Lipinski definition) is 1. The van der Waals surface area contributed by atoms with E-state index in [0.717, 1.165) is 21.4 Å². The Kier molecular flexibility index (Phi) is 4.80. The van der Waals surface area contributed by atoms with Crippen LogP contribution < -0.4 is 5.32 Å². The van der Waals surface area contributed by atoms with Crippen LogP contribution in [0.1, 0.15) is 11.1 Å². The molecule has 0 bridgehead atoms. The van der Waals surface area contributed by atoms with Crippen molar-refractivity contribution in [2.24, 2.45) is 0 Å². The van der Waals surface area contributed by atoms with Gasteiger partial charge in [-0.05, 0) is 58.5 Å². The molecule has 0 atom stereocenters. The molecule has 0 saturated carbocycles. The maximum Gasteiger partial charge on any atom is 0.416 e. The molecule has 6 heteroatoms. The van der Waals surface area contributed by atoms with E-state index in [2.05, 4.69) is 27.9 Å². The van der Waals surface area contributed by atoms with Crippen LogP contribution in [0.25, 0.3) is 0 Å². The first-order chi connectivity index (χ1) is 9.36. The van der Waals surface area contributed by atoms with Crippen molar-refractivity contribution in [1.82, 2.24) is 0 Å². The van der Waals surface area contributed by atoms with Gasteiger partial charge in [0.15, 0.2) is 0 Å². The maximum atomic E-state index is 12.6. The second-order valence-corrected chi connectivity index (χ2v) is 5.77. The van der Waals surface area contributed by atoms with Gasteiger partial charge < -0.3 is 5.32 Å². The highest BCUT2D eigenvalue weighted by atomic mass is 127. The molecule has 0 aliphatic heterocycles. The van der Waals surface area contributed by atoms with Gasteiger partial charge in [-0.2, -0.15) is 13.2 Å². The number of rotatable bonds is 3. The molecule has 0 aliphatic carbocycles. The molecule has 2 aromatic carbocycles. The predicted molar refractivity (Wildman–Crippen MR) is 82.9 cm³/mol. The van der Waals surface area contributed by atoms with Crippen LogP contribution in [0.4, 0.5) is 18.9 Å². The van der Waals surface area contributed by atoms with Gasteiger partial charge in [0, 0.05) is 20.8 Å². The third-order valence-corrected chi connectivity index (χ3v) is 3.80. The lowest BCUT2D eigenvalue weighted by molar-refractivity contribution is -0.137. The molecule has 2 aromatic rings. The molecular formula is C14H10ClF3IN. The Morgan fingerprint density at radius 2 is 1.85 bits per heavy atom. The number of nitrogens with one attached hydrogen (secondary N) is 1. The zero-order valence-corrected chi connectivity index (χ0v) is 13.1. The second-order valence-electron chi connectivity index (χ2n) is 4.18. The van der Waals surface area contributed by atoms with Gasteiger partial charge in [0.2, 0.25) is 0 Å². The summed E-state index contributed by atoms with van der Waals surface area (Å²) < 4.78 is 38.7. The standard InChI is InChI=1S/C14H10ClF3IN/c15-11-4-5-13(12(19)7-11)20-8-9-2-1-3-10(6-9)14(16,17)18/h1-7,20H,8H2. The Hall–Kier alpha value is -0.950. The number of benzene rings is 2. The smallest absolute Gasteiger partial charge is 0.380 e. The summed E-state index contributed by atoms with van der Waals surface area (Å²) in [6.45, 7) is 0.321. The Balaban J connectivity index is 2.11. The summed E-state index contributed by atoms with van der Waals surface area (Å²) >= 11 is 7.97. The molecule has 1 nitrogen and oxygen atoms in total. The third kappa shape index (κ3) is 4.02. The van der Waals surface area contributed by atoms with Crippen molar-refractivity contribution in [3.8, 4) is 0 Å². The molecule has 0 radical (unpaired) electrons. The van der Waals surface area contributed by atoms with Gasteiger partial charge in [-0.25, -0.2) is 0 Å². The highest BCUT2D eigenvalue weighted by Gasteiger charge is 2.30. The molecule has 0 amide bonds. The van der Waals surface area contributed by atoms with Crippen molar-refractivity contribution in [2.75, 3.05) is 5.32 Å². The Morgan fingerprint density at radius 3 is 2.50 bits per heavy atom. The van der Waals surface area contributed by atoms with Crippen LogP contribution in [-0.4, -0.2) is 0 Å². The van der Waals surface area contributed by atoms with Gasteiger partial charge in [0.05, 0.1) is 5.56 Å². The number of hydrogen-bond acceptors (Lipinski definition) is 1. The highest BCUT2D eigenvalue weighted by molar-refractivity contribution is 14.1. The lowest BCUT2D eigenvalue weighted by atomic mass is 10.1. The van der Waals surface area contributed by atoms with Crippen LogP contribution in [-0.2, 0) is 12.7 Å². The second kappa shape index (κ2) is 6.22. The maximum absolute atomic E-state index is 12.6. The van der Waals surface area contributed by atoms with Crippen molar-refractivity contribution in [3.63, 3.8) is 0 Å².